The number of pyridine rings is 1. The molecular weight excluding hydrogens is 282 g/mol. The summed E-state index contributed by atoms with van der Waals surface area (Å²) >= 11 is 3.35. The number of nitrogens with zero attached hydrogens (tertiary/aromatic N) is 2. The van der Waals surface area contributed by atoms with Crippen molar-refractivity contribution >= 4 is 21.6 Å². The molecule has 17 heavy (non-hydrogen) atoms. The summed E-state index contributed by atoms with van der Waals surface area (Å²) in [5.74, 6) is 0.774. The monoisotopic (exact) mass is 297 g/mol. The number of rotatable bonds is 2. The molecule has 2 fully saturated rings. The summed E-state index contributed by atoms with van der Waals surface area (Å²) in [6.07, 6.45) is 3.16. The summed E-state index contributed by atoms with van der Waals surface area (Å²) in [4.78, 5) is 6.64. The van der Waals surface area contributed by atoms with Gasteiger partial charge in [0.05, 0.1) is 18.5 Å². The average Bonchev–Trinajstić information content (AvgIpc) is 2.90. The molecule has 0 bridgehead atoms. The van der Waals surface area contributed by atoms with Crippen LogP contribution in [0.4, 0.5) is 5.69 Å². The number of aliphatic hydroxyl groups excluding tert-OH is 1. The van der Waals surface area contributed by atoms with Crippen LogP contribution >= 0.6 is 15.9 Å². The summed E-state index contributed by atoms with van der Waals surface area (Å²) < 4.78 is 0.737. The molecule has 1 aromatic heterocycles. The SMILES string of the molecule is OCc1cc(N2C[C@H]3CCN[C@H]3C2)cnc1Br. The highest BCUT2D eigenvalue weighted by atomic mass is 79.9. The molecule has 2 N–H and O–H groups in total. The van der Waals surface area contributed by atoms with E-state index < -0.39 is 0 Å². The molecule has 1 aromatic rings. The molecule has 2 saturated heterocycles. The Balaban J connectivity index is 1.81. The normalized spacial score (nSPS) is 27.5. The van der Waals surface area contributed by atoms with E-state index in [-0.39, 0.29) is 6.61 Å². The molecule has 0 unspecified atom stereocenters. The Morgan fingerprint density at radius 3 is 3.18 bits per heavy atom. The Labute approximate surface area is 109 Å². The molecule has 0 aliphatic carbocycles. The second-order valence-electron chi connectivity index (χ2n) is 4.82. The zero-order valence-corrected chi connectivity index (χ0v) is 11.2. The van der Waals surface area contributed by atoms with Crippen LogP contribution in [0.25, 0.3) is 0 Å². The number of hydrogen-bond acceptors (Lipinski definition) is 4. The molecule has 2 aliphatic rings. The van der Waals surface area contributed by atoms with E-state index >= 15 is 0 Å². The van der Waals surface area contributed by atoms with Crippen LogP contribution in [0.3, 0.4) is 0 Å². The standard InChI is InChI=1S/C12H16BrN3O/c13-12-9(7-17)3-10(4-15-12)16-5-8-1-2-14-11(8)6-16/h3-4,8,11,14,17H,1-2,5-7H2/t8-,11+/m1/s1. The van der Waals surface area contributed by atoms with Crippen molar-refractivity contribution in [3.8, 4) is 0 Å². The Bertz CT molecular complexity index is 414. The lowest BCUT2D eigenvalue weighted by atomic mass is 10.1. The second kappa shape index (κ2) is 4.55. The predicted octanol–water partition coefficient (Wildman–Crippen LogP) is 1.13. The first-order valence-electron chi connectivity index (χ1n) is 6.01. The third-order valence-corrected chi connectivity index (χ3v) is 4.51. The maximum absolute atomic E-state index is 9.25. The van der Waals surface area contributed by atoms with Crippen molar-refractivity contribution in [2.75, 3.05) is 24.5 Å². The molecular formula is C12H16BrN3O. The fraction of sp³-hybridized carbons (Fsp3) is 0.583. The van der Waals surface area contributed by atoms with Crippen LogP contribution in [0, 0.1) is 5.92 Å². The van der Waals surface area contributed by atoms with Crippen LogP contribution in [0.2, 0.25) is 0 Å². The quantitative estimate of drug-likeness (QED) is 0.804. The first-order valence-corrected chi connectivity index (χ1v) is 6.81. The van der Waals surface area contributed by atoms with E-state index in [9.17, 15) is 5.11 Å². The molecule has 92 valence electrons. The summed E-state index contributed by atoms with van der Waals surface area (Å²) in [6, 6.07) is 2.66. The third kappa shape index (κ3) is 2.07. The van der Waals surface area contributed by atoms with E-state index in [2.05, 4.69) is 31.1 Å². The fourth-order valence-corrected chi connectivity index (χ4v) is 3.17. The van der Waals surface area contributed by atoms with Crippen molar-refractivity contribution in [2.24, 2.45) is 5.92 Å². The topological polar surface area (TPSA) is 48.4 Å². The van der Waals surface area contributed by atoms with Gasteiger partial charge in [0.2, 0.25) is 0 Å². The highest BCUT2D eigenvalue weighted by Gasteiger charge is 2.36. The maximum Gasteiger partial charge on any atom is 0.111 e. The lowest BCUT2D eigenvalue weighted by molar-refractivity contribution is 0.280. The smallest absolute Gasteiger partial charge is 0.111 e. The molecule has 0 aromatic carbocycles. The van der Waals surface area contributed by atoms with Crippen LogP contribution < -0.4 is 10.2 Å². The van der Waals surface area contributed by atoms with Gasteiger partial charge in [-0.2, -0.15) is 0 Å². The third-order valence-electron chi connectivity index (χ3n) is 3.80. The van der Waals surface area contributed by atoms with Gasteiger partial charge in [-0.3, -0.25) is 0 Å². The highest BCUT2D eigenvalue weighted by molar-refractivity contribution is 9.10. The van der Waals surface area contributed by atoms with Gasteiger partial charge in [0, 0.05) is 24.7 Å². The molecule has 3 rings (SSSR count). The Hall–Kier alpha value is -0.650. The molecule has 0 amide bonds. The van der Waals surface area contributed by atoms with Crippen molar-refractivity contribution in [2.45, 2.75) is 19.1 Å². The number of aromatic nitrogens is 1. The van der Waals surface area contributed by atoms with Gasteiger partial charge in [-0.1, -0.05) is 0 Å². The summed E-state index contributed by atoms with van der Waals surface area (Å²) in [5, 5.41) is 12.8. The lowest BCUT2D eigenvalue weighted by Gasteiger charge is -2.20. The van der Waals surface area contributed by atoms with Gasteiger partial charge in [-0.05, 0) is 40.9 Å². The van der Waals surface area contributed by atoms with Crippen molar-refractivity contribution in [3.63, 3.8) is 0 Å². The Morgan fingerprint density at radius 2 is 2.41 bits per heavy atom. The van der Waals surface area contributed by atoms with Crippen LogP contribution in [-0.4, -0.2) is 35.8 Å². The molecule has 0 spiro atoms. The first kappa shape index (κ1) is 11.4. The molecule has 4 nitrogen and oxygen atoms in total. The average molecular weight is 298 g/mol. The summed E-state index contributed by atoms with van der Waals surface area (Å²) in [6.45, 7) is 3.34. The van der Waals surface area contributed by atoms with Gasteiger partial charge in [0.15, 0.2) is 0 Å². The summed E-state index contributed by atoms with van der Waals surface area (Å²) in [7, 11) is 0. The molecule has 2 aliphatic heterocycles. The number of halogens is 1. The molecule has 0 saturated carbocycles. The van der Waals surface area contributed by atoms with Gasteiger partial charge in [0.25, 0.3) is 0 Å². The molecule has 3 heterocycles. The van der Waals surface area contributed by atoms with Gasteiger partial charge in [0.1, 0.15) is 4.60 Å². The number of anilines is 1. The zero-order valence-electron chi connectivity index (χ0n) is 9.56. The van der Waals surface area contributed by atoms with Crippen LogP contribution in [-0.2, 0) is 6.61 Å². The van der Waals surface area contributed by atoms with Crippen molar-refractivity contribution in [1.82, 2.24) is 10.3 Å². The number of nitrogens with one attached hydrogen (secondary N) is 1. The summed E-state index contributed by atoms with van der Waals surface area (Å²) in [5.41, 5.74) is 1.97. The maximum atomic E-state index is 9.25. The largest absolute Gasteiger partial charge is 0.392 e. The fourth-order valence-electron chi connectivity index (χ4n) is 2.82. The van der Waals surface area contributed by atoms with Crippen LogP contribution in [0.15, 0.2) is 16.9 Å². The van der Waals surface area contributed by atoms with Crippen LogP contribution in [0.5, 0.6) is 0 Å². The number of fused-ring (bicyclic) bond motifs is 1. The van der Waals surface area contributed by atoms with Gasteiger partial charge < -0.3 is 15.3 Å². The van der Waals surface area contributed by atoms with Gasteiger partial charge in [-0.25, -0.2) is 4.98 Å². The number of hydrogen-bond donors (Lipinski definition) is 2. The predicted molar refractivity (Wildman–Crippen MR) is 70.0 cm³/mol. The van der Waals surface area contributed by atoms with Crippen molar-refractivity contribution < 1.29 is 5.11 Å². The van der Waals surface area contributed by atoms with E-state index in [1.807, 2.05) is 12.3 Å². The molecule has 2 atom stereocenters. The molecule has 5 heteroatoms. The van der Waals surface area contributed by atoms with E-state index in [1.165, 1.54) is 6.42 Å². The Kier molecular flexibility index (Phi) is 3.06. The highest BCUT2D eigenvalue weighted by Crippen LogP contribution is 2.30. The lowest BCUT2D eigenvalue weighted by Crippen LogP contribution is -2.30. The van der Waals surface area contributed by atoms with Crippen molar-refractivity contribution in [1.29, 1.82) is 0 Å². The molecule has 0 radical (unpaired) electrons. The number of aliphatic hydroxyl groups is 1. The second-order valence-corrected chi connectivity index (χ2v) is 5.57. The van der Waals surface area contributed by atoms with E-state index in [4.69, 9.17) is 0 Å². The van der Waals surface area contributed by atoms with E-state index in [0.29, 0.717) is 6.04 Å². The van der Waals surface area contributed by atoms with E-state index in [0.717, 1.165) is 41.4 Å². The first-order chi connectivity index (χ1) is 8.28. The van der Waals surface area contributed by atoms with Crippen LogP contribution in [0.1, 0.15) is 12.0 Å². The van der Waals surface area contributed by atoms with Gasteiger partial charge >= 0.3 is 0 Å². The zero-order chi connectivity index (χ0) is 11.8. The van der Waals surface area contributed by atoms with Crippen molar-refractivity contribution in [3.05, 3.63) is 22.4 Å². The minimum absolute atomic E-state index is 0.0281. The minimum atomic E-state index is 0.0281. The van der Waals surface area contributed by atoms with E-state index in [1.54, 1.807) is 0 Å². The van der Waals surface area contributed by atoms with Gasteiger partial charge in [-0.15, -0.1) is 0 Å². The Morgan fingerprint density at radius 1 is 1.53 bits per heavy atom. The minimum Gasteiger partial charge on any atom is -0.392 e.